The molecule has 0 saturated heterocycles. The molecule has 0 saturated carbocycles. The second-order valence-electron chi connectivity index (χ2n) is 1.54. The molecule has 0 spiro atoms. The lowest BCUT2D eigenvalue weighted by atomic mass is 10.7. The van der Waals surface area contributed by atoms with Crippen molar-refractivity contribution in [3.63, 3.8) is 0 Å². The minimum atomic E-state index is 0.495. The van der Waals surface area contributed by atoms with Gasteiger partial charge < -0.3 is 0 Å². The van der Waals surface area contributed by atoms with E-state index < -0.39 is 0 Å². The van der Waals surface area contributed by atoms with Crippen molar-refractivity contribution in [2.24, 2.45) is 25.7 Å². The predicted molar refractivity (Wildman–Crippen MR) is 38.7 cm³/mol. The van der Waals surface area contributed by atoms with Crippen molar-refractivity contribution in [3.8, 4) is 0 Å². The van der Waals surface area contributed by atoms with Crippen LogP contribution in [-0.4, -0.2) is 11.6 Å². The van der Waals surface area contributed by atoms with Gasteiger partial charge in [-0.1, -0.05) is 10.2 Å². The molecule has 0 aromatic carbocycles. The molecule has 2 rings (SSSR count). The molecular formula is C4H2N5S+. The SMILES string of the molecule is C1=NC(=C2N=NN=N2)[S+]=C1. The largest absolute Gasteiger partial charge is 0.372 e. The molecule has 0 atom stereocenters. The summed E-state index contributed by atoms with van der Waals surface area (Å²) in [6, 6.07) is 0. The summed E-state index contributed by atoms with van der Waals surface area (Å²) < 4.78 is 0. The molecule has 5 nitrogen and oxygen atoms in total. The first-order valence-corrected chi connectivity index (χ1v) is 3.43. The standard InChI is InChI=1S/C4H2N5S/c1-2-10-4(5-1)3-6-8-9-7-3/h1-2H/q+1. The highest BCUT2D eigenvalue weighted by molar-refractivity contribution is 7.83. The van der Waals surface area contributed by atoms with Crippen LogP contribution in [0.15, 0.2) is 36.5 Å². The predicted octanol–water partition coefficient (Wildman–Crippen LogP) is 0.915. The van der Waals surface area contributed by atoms with Gasteiger partial charge in [-0.05, 0) is 10.4 Å². The van der Waals surface area contributed by atoms with Gasteiger partial charge in [0.1, 0.15) is 0 Å². The van der Waals surface area contributed by atoms with E-state index in [9.17, 15) is 0 Å². The first-order chi connectivity index (χ1) is 4.97. The molecule has 0 aliphatic carbocycles. The van der Waals surface area contributed by atoms with Gasteiger partial charge in [0, 0.05) is 0 Å². The smallest absolute Gasteiger partial charge is 0.193 e. The second-order valence-corrected chi connectivity index (χ2v) is 2.43. The lowest BCUT2D eigenvalue weighted by Crippen LogP contribution is -1.74. The van der Waals surface area contributed by atoms with Crippen molar-refractivity contribution < 1.29 is 0 Å². The van der Waals surface area contributed by atoms with Crippen LogP contribution in [-0.2, 0) is 11.4 Å². The molecule has 6 heteroatoms. The van der Waals surface area contributed by atoms with Crippen LogP contribution in [0, 0.1) is 0 Å². The molecule has 0 aromatic heterocycles. The van der Waals surface area contributed by atoms with Gasteiger partial charge in [-0.3, -0.25) is 0 Å². The maximum atomic E-state index is 3.97. The molecule has 2 heterocycles. The lowest BCUT2D eigenvalue weighted by Gasteiger charge is -1.73. The van der Waals surface area contributed by atoms with Gasteiger partial charge in [-0.25, -0.2) is 0 Å². The van der Waals surface area contributed by atoms with E-state index in [0.29, 0.717) is 5.82 Å². The molecule has 2 aliphatic rings. The van der Waals surface area contributed by atoms with Crippen LogP contribution >= 0.6 is 0 Å². The summed E-state index contributed by atoms with van der Waals surface area (Å²) in [5.74, 6) is 0.495. The zero-order valence-corrected chi connectivity index (χ0v) is 5.62. The van der Waals surface area contributed by atoms with Gasteiger partial charge in [0.25, 0.3) is 5.82 Å². The Morgan fingerprint density at radius 1 is 1.20 bits per heavy atom. The van der Waals surface area contributed by atoms with E-state index in [1.807, 2.05) is 5.37 Å². The van der Waals surface area contributed by atoms with Crippen LogP contribution in [0.5, 0.6) is 0 Å². The van der Waals surface area contributed by atoms with E-state index >= 15 is 0 Å². The summed E-state index contributed by atoms with van der Waals surface area (Å²) in [5.41, 5.74) is 0. The van der Waals surface area contributed by atoms with Crippen molar-refractivity contribution in [2.45, 2.75) is 0 Å². The Kier molecular flexibility index (Phi) is 1.17. The van der Waals surface area contributed by atoms with Gasteiger partial charge >= 0.3 is 5.03 Å². The van der Waals surface area contributed by atoms with Gasteiger partial charge in [0.2, 0.25) is 16.7 Å². The highest BCUT2D eigenvalue weighted by atomic mass is 32.1. The van der Waals surface area contributed by atoms with Crippen molar-refractivity contribution in [1.29, 1.82) is 0 Å². The fourth-order valence-electron chi connectivity index (χ4n) is 0.564. The third-order valence-corrected chi connectivity index (χ3v) is 1.71. The zero-order chi connectivity index (χ0) is 6.81. The van der Waals surface area contributed by atoms with Crippen LogP contribution in [0.4, 0.5) is 0 Å². The van der Waals surface area contributed by atoms with Crippen molar-refractivity contribution in [1.82, 2.24) is 0 Å². The van der Waals surface area contributed by atoms with Crippen LogP contribution < -0.4 is 0 Å². The Labute approximate surface area is 60.2 Å². The van der Waals surface area contributed by atoms with E-state index in [1.54, 1.807) is 6.21 Å². The number of hydrogen-bond donors (Lipinski definition) is 0. The Balaban J connectivity index is 2.46. The molecule has 0 unspecified atom stereocenters. The summed E-state index contributed by atoms with van der Waals surface area (Å²) >= 11 is 1.46. The first kappa shape index (κ1) is 5.48. The van der Waals surface area contributed by atoms with Crippen LogP contribution in [0.25, 0.3) is 0 Å². The third-order valence-electron chi connectivity index (χ3n) is 0.942. The minimum Gasteiger partial charge on any atom is -0.193 e. The molecule has 2 aliphatic heterocycles. The molecule has 48 valence electrons. The molecule has 0 radical (unpaired) electrons. The van der Waals surface area contributed by atoms with Gasteiger partial charge in [0.15, 0.2) is 0 Å². The average Bonchev–Trinajstić information content (AvgIpc) is 2.59. The number of aliphatic imine (C=N–C) groups is 1. The van der Waals surface area contributed by atoms with E-state index in [1.165, 1.54) is 11.4 Å². The zero-order valence-electron chi connectivity index (χ0n) is 4.80. The number of nitrogens with zero attached hydrogens (tertiary/aromatic N) is 5. The molecule has 0 aromatic rings. The highest BCUT2D eigenvalue weighted by Crippen LogP contribution is 2.15. The number of hydrogen-bond acceptors (Lipinski definition) is 5. The Morgan fingerprint density at radius 3 is 2.60 bits per heavy atom. The maximum absolute atomic E-state index is 3.97. The third kappa shape index (κ3) is 0.781. The summed E-state index contributed by atoms with van der Waals surface area (Å²) in [4.78, 5) is 3.97. The van der Waals surface area contributed by atoms with Crippen molar-refractivity contribution in [3.05, 3.63) is 10.9 Å². The monoisotopic (exact) mass is 152 g/mol. The summed E-state index contributed by atoms with van der Waals surface area (Å²) in [5, 5.41) is 16.5. The van der Waals surface area contributed by atoms with Gasteiger partial charge in [-0.15, -0.1) is 0 Å². The van der Waals surface area contributed by atoms with Crippen molar-refractivity contribution >= 4 is 22.9 Å². The normalized spacial score (nSPS) is 20.0. The fourth-order valence-corrected chi connectivity index (χ4v) is 1.12. The molecule has 0 bridgehead atoms. The van der Waals surface area contributed by atoms with Gasteiger partial charge in [-0.2, -0.15) is 4.99 Å². The molecule has 0 fully saturated rings. The Hall–Kier alpha value is -1.30. The fraction of sp³-hybridized carbons (Fsp3) is 0. The van der Waals surface area contributed by atoms with E-state index in [0.717, 1.165) is 5.03 Å². The number of rotatable bonds is 0. The lowest BCUT2D eigenvalue weighted by molar-refractivity contribution is 1.06. The molecule has 0 N–H and O–H groups in total. The average molecular weight is 152 g/mol. The minimum absolute atomic E-state index is 0.495. The van der Waals surface area contributed by atoms with Crippen LogP contribution in [0.3, 0.4) is 0 Å². The first-order valence-electron chi connectivity index (χ1n) is 2.55. The molecule has 0 amide bonds. The second kappa shape index (κ2) is 2.14. The Morgan fingerprint density at radius 2 is 2.00 bits per heavy atom. The Bertz CT molecular complexity index is 239. The quantitative estimate of drug-likeness (QED) is 0.366. The van der Waals surface area contributed by atoms with Crippen molar-refractivity contribution in [2.75, 3.05) is 0 Å². The topological polar surface area (TPSA) is 61.8 Å². The van der Waals surface area contributed by atoms with Gasteiger partial charge in [0.05, 0.1) is 6.21 Å². The van der Waals surface area contributed by atoms with Crippen LogP contribution in [0.1, 0.15) is 0 Å². The summed E-state index contributed by atoms with van der Waals surface area (Å²) in [6.45, 7) is 0. The summed E-state index contributed by atoms with van der Waals surface area (Å²) in [7, 11) is 0. The summed E-state index contributed by atoms with van der Waals surface area (Å²) in [6.07, 6.45) is 1.69. The maximum Gasteiger partial charge on any atom is 0.372 e. The van der Waals surface area contributed by atoms with E-state index in [-0.39, 0.29) is 0 Å². The molecule has 10 heavy (non-hydrogen) atoms. The van der Waals surface area contributed by atoms with E-state index in [2.05, 4.69) is 25.7 Å². The van der Waals surface area contributed by atoms with Crippen LogP contribution in [0.2, 0.25) is 0 Å². The van der Waals surface area contributed by atoms with E-state index in [4.69, 9.17) is 0 Å². The highest BCUT2D eigenvalue weighted by Gasteiger charge is 2.19. The molecular weight excluding hydrogens is 150 g/mol.